The SMILES string of the molecule is Cc1ccc(C)c([NH+]=Cc2ccccc2[O-])c1.[Li-]. The van der Waals surface area contributed by atoms with Gasteiger partial charge in [0.1, 0.15) is 0 Å². The maximum Gasteiger partial charge on any atom is 0.206 e. The van der Waals surface area contributed by atoms with Crippen LogP contribution in [0.1, 0.15) is 16.7 Å². The molecule has 2 radical (unpaired) electrons. The summed E-state index contributed by atoms with van der Waals surface area (Å²) < 4.78 is 0. The molecule has 0 bridgehead atoms. The molecule has 88 valence electrons. The van der Waals surface area contributed by atoms with Crippen molar-refractivity contribution in [3.8, 4) is 5.75 Å². The molecule has 0 aliphatic carbocycles. The third-order valence-corrected chi connectivity index (χ3v) is 2.70. The monoisotopic (exact) mass is 232 g/mol. The topological polar surface area (TPSA) is 37.0 Å². The summed E-state index contributed by atoms with van der Waals surface area (Å²) in [7, 11) is 0. The minimum atomic E-state index is 0. The molecule has 2 rings (SSSR count). The molecule has 0 fully saturated rings. The summed E-state index contributed by atoms with van der Waals surface area (Å²) in [6.45, 7) is 4.09. The van der Waals surface area contributed by atoms with Crippen LogP contribution in [0.3, 0.4) is 0 Å². The molecule has 0 saturated heterocycles. The van der Waals surface area contributed by atoms with Crippen molar-refractivity contribution in [2.24, 2.45) is 0 Å². The van der Waals surface area contributed by atoms with E-state index >= 15 is 0 Å². The molecule has 18 heavy (non-hydrogen) atoms. The summed E-state index contributed by atoms with van der Waals surface area (Å²) in [4.78, 5) is 3.19. The molecule has 1 N–H and O–H groups in total. The van der Waals surface area contributed by atoms with Crippen LogP contribution < -0.4 is 10.1 Å². The second-order valence-electron chi connectivity index (χ2n) is 4.14. The number of hydrogen-bond acceptors (Lipinski definition) is 1. The molecule has 0 aliphatic rings. The van der Waals surface area contributed by atoms with Gasteiger partial charge in [0.25, 0.3) is 0 Å². The largest absolute Gasteiger partial charge is 1.00 e. The standard InChI is InChI=1S/C15H15NO.Li/c1-11-7-8-12(2)14(9-11)16-10-13-5-3-4-6-15(13)17;/h3-10,17H,1-2H3;/q;-1. The van der Waals surface area contributed by atoms with Crippen LogP contribution in [0.25, 0.3) is 0 Å². The van der Waals surface area contributed by atoms with Crippen LogP contribution in [0.5, 0.6) is 5.75 Å². The van der Waals surface area contributed by atoms with Gasteiger partial charge in [0, 0.05) is 17.2 Å². The van der Waals surface area contributed by atoms with E-state index in [-0.39, 0.29) is 24.6 Å². The molecule has 0 unspecified atom stereocenters. The molecule has 0 heterocycles. The Morgan fingerprint density at radius 2 is 1.78 bits per heavy atom. The quantitative estimate of drug-likeness (QED) is 0.604. The second-order valence-corrected chi connectivity index (χ2v) is 4.14. The minimum absolute atomic E-state index is 0. The molecule has 2 nitrogen and oxygen atoms in total. The Morgan fingerprint density at radius 1 is 1.06 bits per heavy atom. The summed E-state index contributed by atoms with van der Waals surface area (Å²) in [5, 5.41) is 11.5. The Hall–Kier alpha value is -1.49. The average Bonchev–Trinajstić information content (AvgIpc) is 2.32. The predicted octanol–water partition coefficient (Wildman–Crippen LogP) is 0.827. The van der Waals surface area contributed by atoms with Crippen molar-refractivity contribution in [2.45, 2.75) is 13.8 Å². The summed E-state index contributed by atoms with van der Waals surface area (Å²) in [5.74, 6) is 0.0327. The first kappa shape index (κ1) is 14.6. The summed E-state index contributed by atoms with van der Waals surface area (Å²) in [5.41, 5.74) is 4.07. The van der Waals surface area contributed by atoms with Gasteiger partial charge in [0.2, 0.25) is 5.69 Å². The molecule has 2 aromatic carbocycles. The number of rotatable bonds is 2. The normalized spacial score (nSPS) is 10.3. The van der Waals surface area contributed by atoms with Gasteiger partial charge in [-0.2, -0.15) is 0 Å². The van der Waals surface area contributed by atoms with E-state index in [1.165, 1.54) is 5.56 Å². The van der Waals surface area contributed by atoms with E-state index in [1.54, 1.807) is 24.4 Å². The van der Waals surface area contributed by atoms with E-state index in [0.29, 0.717) is 5.56 Å². The van der Waals surface area contributed by atoms with Crippen molar-refractivity contribution in [3.05, 3.63) is 59.2 Å². The third-order valence-electron chi connectivity index (χ3n) is 2.70. The maximum absolute atomic E-state index is 11.5. The molecule has 0 aliphatic heterocycles. The van der Waals surface area contributed by atoms with Gasteiger partial charge in [-0.05, 0) is 25.5 Å². The predicted molar refractivity (Wildman–Crippen MR) is 73.3 cm³/mol. The average molecular weight is 232 g/mol. The Labute approximate surface area is 120 Å². The number of benzene rings is 2. The maximum atomic E-state index is 11.5. The first-order valence-corrected chi connectivity index (χ1v) is 5.60. The molecular formula is C15H15LiNO-. The Bertz CT molecular complexity index is 564. The van der Waals surface area contributed by atoms with Gasteiger partial charge in [-0.1, -0.05) is 36.1 Å². The first-order chi connectivity index (χ1) is 8.16. The number of para-hydroxylation sites is 1. The van der Waals surface area contributed by atoms with Crippen LogP contribution in [0, 0.1) is 13.8 Å². The fraction of sp³-hybridized carbons (Fsp3) is 0.133. The van der Waals surface area contributed by atoms with Crippen LogP contribution in [0.2, 0.25) is 0 Å². The number of nitrogens with one attached hydrogen (secondary N) is 1. The van der Waals surface area contributed by atoms with Crippen LogP contribution in [0.4, 0.5) is 5.69 Å². The van der Waals surface area contributed by atoms with E-state index in [2.05, 4.69) is 23.2 Å². The molecule has 3 heteroatoms. The Kier molecular flexibility index (Phi) is 5.21. The zero-order valence-electron chi connectivity index (χ0n) is 11.0. The molecule has 0 atom stereocenters. The molecule has 0 saturated carbocycles. The fourth-order valence-corrected chi connectivity index (χ4v) is 1.65. The molecular weight excluding hydrogens is 217 g/mol. The van der Waals surface area contributed by atoms with Gasteiger partial charge >= 0.3 is 0 Å². The smallest absolute Gasteiger partial charge is 0.206 e. The summed E-state index contributed by atoms with van der Waals surface area (Å²) in [6, 6.07) is 13.2. The minimum Gasteiger partial charge on any atom is -1.00 e. The van der Waals surface area contributed by atoms with Crippen molar-refractivity contribution >= 4 is 30.8 Å². The van der Waals surface area contributed by atoms with Crippen LogP contribution in [-0.4, -0.2) is 25.1 Å². The van der Waals surface area contributed by atoms with Crippen molar-refractivity contribution in [3.63, 3.8) is 0 Å². The Morgan fingerprint density at radius 3 is 2.50 bits per heavy atom. The molecule has 0 aromatic heterocycles. The van der Waals surface area contributed by atoms with Gasteiger partial charge in [-0.15, -0.1) is 0 Å². The van der Waals surface area contributed by atoms with Gasteiger partial charge in [-0.25, -0.2) is 4.99 Å². The van der Waals surface area contributed by atoms with Crippen molar-refractivity contribution in [1.82, 2.24) is 0 Å². The summed E-state index contributed by atoms with van der Waals surface area (Å²) in [6.07, 6.45) is 1.75. The fourth-order valence-electron chi connectivity index (χ4n) is 1.65. The third kappa shape index (κ3) is 3.50. The molecule has 2 aromatic rings. The van der Waals surface area contributed by atoms with E-state index in [9.17, 15) is 5.11 Å². The van der Waals surface area contributed by atoms with Gasteiger partial charge in [-0.3, -0.25) is 0 Å². The van der Waals surface area contributed by atoms with E-state index in [4.69, 9.17) is 0 Å². The number of aryl methyl sites for hydroxylation is 2. The number of hydrogen-bond donors (Lipinski definition) is 1. The zero-order valence-corrected chi connectivity index (χ0v) is 11.0. The van der Waals surface area contributed by atoms with E-state index < -0.39 is 0 Å². The van der Waals surface area contributed by atoms with Gasteiger partial charge in [0.15, 0.2) is 6.21 Å². The van der Waals surface area contributed by atoms with E-state index in [1.807, 2.05) is 19.9 Å². The Balaban J connectivity index is 0.00000162. The summed E-state index contributed by atoms with van der Waals surface area (Å²) >= 11 is 0. The zero-order chi connectivity index (χ0) is 12.3. The van der Waals surface area contributed by atoms with E-state index in [0.717, 1.165) is 11.3 Å². The van der Waals surface area contributed by atoms with Crippen LogP contribution in [0.15, 0.2) is 42.5 Å². The van der Waals surface area contributed by atoms with Crippen molar-refractivity contribution in [2.75, 3.05) is 0 Å². The molecule has 0 amide bonds. The second kappa shape index (κ2) is 6.44. The van der Waals surface area contributed by atoms with Crippen LogP contribution >= 0.6 is 0 Å². The van der Waals surface area contributed by atoms with Gasteiger partial charge in [0.05, 0.1) is 0 Å². The van der Waals surface area contributed by atoms with Crippen LogP contribution in [-0.2, 0) is 0 Å². The first-order valence-electron chi connectivity index (χ1n) is 5.60. The van der Waals surface area contributed by atoms with Gasteiger partial charge < -0.3 is 24.0 Å². The van der Waals surface area contributed by atoms with Crippen molar-refractivity contribution in [1.29, 1.82) is 0 Å². The molecule has 0 spiro atoms. The van der Waals surface area contributed by atoms with Crippen molar-refractivity contribution < 1.29 is 10.1 Å².